The summed E-state index contributed by atoms with van der Waals surface area (Å²) in [7, 11) is 0. The van der Waals surface area contributed by atoms with Crippen LogP contribution in [0.1, 0.15) is 43.1 Å². The SMILES string of the molecule is CCN(CC)CCCN(CC)C(=O)c1cccc(N)c1C. The Morgan fingerprint density at radius 1 is 1.10 bits per heavy atom. The Bertz CT molecular complexity index is 455. The molecular formula is C17H29N3O. The highest BCUT2D eigenvalue weighted by atomic mass is 16.2. The van der Waals surface area contributed by atoms with E-state index in [4.69, 9.17) is 5.73 Å². The topological polar surface area (TPSA) is 49.6 Å². The van der Waals surface area contributed by atoms with Crippen LogP contribution in [0.2, 0.25) is 0 Å². The van der Waals surface area contributed by atoms with Crippen molar-refractivity contribution in [1.29, 1.82) is 0 Å². The second kappa shape index (κ2) is 8.67. The van der Waals surface area contributed by atoms with Crippen LogP contribution in [0.5, 0.6) is 0 Å². The van der Waals surface area contributed by atoms with E-state index >= 15 is 0 Å². The molecule has 0 spiro atoms. The van der Waals surface area contributed by atoms with E-state index in [9.17, 15) is 4.79 Å². The van der Waals surface area contributed by atoms with Crippen molar-refractivity contribution in [2.24, 2.45) is 0 Å². The van der Waals surface area contributed by atoms with Gasteiger partial charge in [-0.15, -0.1) is 0 Å². The number of nitrogens with zero attached hydrogens (tertiary/aromatic N) is 2. The van der Waals surface area contributed by atoms with Gasteiger partial charge in [0.1, 0.15) is 0 Å². The summed E-state index contributed by atoms with van der Waals surface area (Å²) >= 11 is 0. The van der Waals surface area contributed by atoms with Crippen molar-refractivity contribution >= 4 is 11.6 Å². The molecule has 0 unspecified atom stereocenters. The van der Waals surface area contributed by atoms with Crippen LogP contribution < -0.4 is 5.73 Å². The highest BCUT2D eigenvalue weighted by Gasteiger charge is 2.17. The maximum Gasteiger partial charge on any atom is 0.254 e. The first kappa shape index (κ1) is 17.5. The average molecular weight is 291 g/mol. The number of rotatable bonds is 8. The van der Waals surface area contributed by atoms with Crippen molar-refractivity contribution in [1.82, 2.24) is 9.80 Å². The number of hydrogen-bond acceptors (Lipinski definition) is 3. The highest BCUT2D eigenvalue weighted by Crippen LogP contribution is 2.17. The summed E-state index contributed by atoms with van der Waals surface area (Å²) < 4.78 is 0. The molecule has 0 saturated carbocycles. The van der Waals surface area contributed by atoms with Crippen molar-refractivity contribution in [3.63, 3.8) is 0 Å². The molecule has 0 bridgehead atoms. The van der Waals surface area contributed by atoms with Gasteiger partial charge in [0, 0.05) is 24.3 Å². The van der Waals surface area contributed by atoms with E-state index in [-0.39, 0.29) is 5.91 Å². The molecule has 0 heterocycles. The quantitative estimate of drug-likeness (QED) is 0.749. The predicted molar refractivity (Wildman–Crippen MR) is 89.6 cm³/mol. The zero-order valence-electron chi connectivity index (χ0n) is 13.9. The Morgan fingerprint density at radius 2 is 1.76 bits per heavy atom. The van der Waals surface area contributed by atoms with Crippen molar-refractivity contribution in [3.8, 4) is 0 Å². The van der Waals surface area contributed by atoms with E-state index in [1.165, 1.54) is 0 Å². The first-order valence-corrected chi connectivity index (χ1v) is 7.91. The fraction of sp³-hybridized carbons (Fsp3) is 0.588. The molecule has 2 N–H and O–H groups in total. The highest BCUT2D eigenvalue weighted by molar-refractivity contribution is 5.96. The molecular weight excluding hydrogens is 262 g/mol. The van der Waals surface area contributed by atoms with E-state index in [0.29, 0.717) is 5.69 Å². The van der Waals surface area contributed by atoms with Crippen LogP contribution in [0.15, 0.2) is 18.2 Å². The molecule has 0 aliphatic carbocycles. The number of nitrogen functional groups attached to an aromatic ring is 1. The summed E-state index contributed by atoms with van der Waals surface area (Å²) in [5, 5.41) is 0. The minimum Gasteiger partial charge on any atom is -0.398 e. The zero-order chi connectivity index (χ0) is 15.8. The summed E-state index contributed by atoms with van der Waals surface area (Å²) in [6.07, 6.45) is 1.00. The van der Waals surface area contributed by atoms with Gasteiger partial charge in [-0.05, 0) is 57.6 Å². The fourth-order valence-corrected chi connectivity index (χ4v) is 2.48. The predicted octanol–water partition coefficient (Wildman–Crippen LogP) is 2.77. The van der Waals surface area contributed by atoms with Crippen molar-refractivity contribution in [2.45, 2.75) is 34.1 Å². The molecule has 21 heavy (non-hydrogen) atoms. The monoisotopic (exact) mass is 291 g/mol. The number of carbonyl (C=O) groups is 1. The van der Waals surface area contributed by atoms with Crippen LogP contribution in [-0.2, 0) is 0 Å². The van der Waals surface area contributed by atoms with Crippen LogP contribution in [0.4, 0.5) is 5.69 Å². The number of benzene rings is 1. The largest absolute Gasteiger partial charge is 0.398 e. The van der Waals surface area contributed by atoms with Gasteiger partial charge < -0.3 is 15.5 Å². The molecule has 1 aromatic rings. The fourth-order valence-electron chi connectivity index (χ4n) is 2.48. The van der Waals surface area contributed by atoms with E-state index < -0.39 is 0 Å². The van der Waals surface area contributed by atoms with E-state index in [2.05, 4.69) is 18.7 Å². The van der Waals surface area contributed by atoms with Gasteiger partial charge in [-0.25, -0.2) is 0 Å². The normalized spacial score (nSPS) is 10.9. The molecule has 0 fully saturated rings. The van der Waals surface area contributed by atoms with E-state index in [0.717, 1.165) is 50.3 Å². The summed E-state index contributed by atoms with van der Waals surface area (Å²) in [5.74, 6) is 0.0850. The molecule has 0 atom stereocenters. The Kier molecular flexibility index (Phi) is 7.23. The molecule has 0 radical (unpaired) electrons. The minimum absolute atomic E-state index is 0.0850. The summed E-state index contributed by atoms with van der Waals surface area (Å²) in [5.41, 5.74) is 8.18. The standard InChI is InChI=1S/C17H29N3O/c1-5-19(6-2)12-9-13-20(7-3)17(21)15-10-8-11-16(18)14(15)4/h8,10-11H,5-7,9,12-13,18H2,1-4H3. The molecule has 0 aromatic heterocycles. The zero-order valence-corrected chi connectivity index (χ0v) is 13.9. The maximum absolute atomic E-state index is 12.6. The van der Waals surface area contributed by atoms with Gasteiger partial charge in [0.15, 0.2) is 0 Å². The van der Waals surface area contributed by atoms with Crippen LogP contribution in [0.25, 0.3) is 0 Å². The third-order valence-electron chi connectivity index (χ3n) is 4.07. The molecule has 0 saturated heterocycles. The molecule has 0 aliphatic heterocycles. The lowest BCUT2D eigenvalue weighted by molar-refractivity contribution is 0.0757. The number of amides is 1. The van der Waals surface area contributed by atoms with Gasteiger partial charge >= 0.3 is 0 Å². The van der Waals surface area contributed by atoms with Crippen LogP contribution >= 0.6 is 0 Å². The van der Waals surface area contributed by atoms with Crippen molar-refractivity contribution in [3.05, 3.63) is 29.3 Å². The Morgan fingerprint density at radius 3 is 2.33 bits per heavy atom. The van der Waals surface area contributed by atoms with Gasteiger partial charge in [0.25, 0.3) is 5.91 Å². The smallest absolute Gasteiger partial charge is 0.254 e. The molecule has 1 rings (SSSR count). The van der Waals surface area contributed by atoms with Gasteiger partial charge in [-0.2, -0.15) is 0 Å². The van der Waals surface area contributed by atoms with Gasteiger partial charge in [-0.3, -0.25) is 4.79 Å². The number of anilines is 1. The number of nitrogens with two attached hydrogens (primary N) is 1. The maximum atomic E-state index is 12.6. The minimum atomic E-state index is 0.0850. The van der Waals surface area contributed by atoms with Crippen molar-refractivity contribution < 1.29 is 4.79 Å². The second-order valence-electron chi connectivity index (χ2n) is 5.29. The summed E-state index contributed by atoms with van der Waals surface area (Å²) in [6, 6.07) is 5.54. The Hall–Kier alpha value is -1.55. The molecule has 1 amide bonds. The Balaban J connectivity index is 2.67. The molecule has 0 aliphatic rings. The van der Waals surface area contributed by atoms with Crippen LogP contribution in [0.3, 0.4) is 0 Å². The lowest BCUT2D eigenvalue weighted by Gasteiger charge is -2.24. The average Bonchev–Trinajstić information content (AvgIpc) is 2.50. The third kappa shape index (κ3) is 4.74. The molecule has 4 nitrogen and oxygen atoms in total. The Labute approximate surface area is 128 Å². The van der Waals surface area contributed by atoms with E-state index in [1.807, 2.05) is 36.9 Å². The third-order valence-corrected chi connectivity index (χ3v) is 4.07. The summed E-state index contributed by atoms with van der Waals surface area (Å²) in [6.45, 7) is 12.9. The lowest BCUT2D eigenvalue weighted by atomic mass is 10.1. The summed E-state index contributed by atoms with van der Waals surface area (Å²) in [4.78, 5) is 16.9. The first-order chi connectivity index (χ1) is 10.0. The van der Waals surface area contributed by atoms with Crippen LogP contribution in [0, 0.1) is 6.92 Å². The molecule has 4 heteroatoms. The lowest BCUT2D eigenvalue weighted by Crippen LogP contribution is -2.34. The second-order valence-corrected chi connectivity index (χ2v) is 5.29. The van der Waals surface area contributed by atoms with Gasteiger partial charge in [0.05, 0.1) is 0 Å². The number of hydrogen-bond donors (Lipinski definition) is 1. The van der Waals surface area contributed by atoms with Gasteiger partial charge in [-0.1, -0.05) is 19.9 Å². The number of carbonyl (C=O) groups excluding carboxylic acids is 1. The van der Waals surface area contributed by atoms with Crippen LogP contribution in [-0.4, -0.2) is 48.4 Å². The van der Waals surface area contributed by atoms with Crippen molar-refractivity contribution in [2.75, 3.05) is 38.5 Å². The molecule has 1 aromatic carbocycles. The first-order valence-electron chi connectivity index (χ1n) is 7.91. The molecule has 118 valence electrons. The van der Waals surface area contributed by atoms with E-state index in [1.54, 1.807) is 0 Å². The van der Waals surface area contributed by atoms with Gasteiger partial charge in [0.2, 0.25) is 0 Å².